The Bertz CT molecular complexity index is 674. The molecule has 130 valence electrons. The lowest BCUT2D eigenvalue weighted by atomic mass is 10.3. The van der Waals surface area contributed by atoms with Crippen molar-refractivity contribution in [3.63, 3.8) is 0 Å². The first-order valence-electron chi connectivity index (χ1n) is 6.67. The van der Waals surface area contributed by atoms with Gasteiger partial charge in [0.2, 0.25) is 0 Å². The summed E-state index contributed by atoms with van der Waals surface area (Å²) in [5.74, 6) is 0.0338. The lowest BCUT2D eigenvalue weighted by Crippen LogP contribution is -2.20. The molecule has 10 heteroatoms. The molecule has 0 aliphatic rings. The minimum absolute atomic E-state index is 0.239. The van der Waals surface area contributed by atoms with E-state index in [1.807, 2.05) is 0 Å². The van der Waals surface area contributed by atoms with Gasteiger partial charge >= 0.3 is 6.18 Å². The molecule has 0 radical (unpaired) electrons. The van der Waals surface area contributed by atoms with Crippen LogP contribution in [0.15, 0.2) is 36.7 Å². The molecule has 0 spiro atoms. The molecule has 0 aliphatic carbocycles. The van der Waals surface area contributed by atoms with Gasteiger partial charge in [-0.3, -0.25) is 4.79 Å². The molecule has 1 heterocycles. The van der Waals surface area contributed by atoms with E-state index in [-0.39, 0.29) is 13.3 Å². The van der Waals surface area contributed by atoms with Crippen LogP contribution in [-0.2, 0) is 16.3 Å². The first-order valence-corrected chi connectivity index (χ1v) is 7.05. The zero-order valence-electron chi connectivity index (χ0n) is 12.2. The number of carbonyl (C=O) groups is 1. The molecule has 6 nitrogen and oxygen atoms in total. The Hall–Kier alpha value is -2.26. The second-order valence-electron chi connectivity index (χ2n) is 4.65. The number of rotatable bonds is 7. The standard InChI is InChI=1S/C14H13ClF3N3O3/c15-10-1-3-12(4-2-10)24-7-13(22)20-11-5-19-21(6-11)9-23-8-14(16,17)18/h1-6H,7-9H2,(H,20,22). The Kier molecular flexibility index (Phi) is 6.04. The van der Waals surface area contributed by atoms with Crippen molar-refractivity contribution in [2.24, 2.45) is 0 Å². The minimum atomic E-state index is -4.40. The van der Waals surface area contributed by atoms with Crippen LogP contribution in [0.3, 0.4) is 0 Å². The molecule has 0 atom stereocenters. The third kappa shape index (κ3) is 6.47. The lowest BCUT2D eigenvalue weighted by Gasteiger charge is -2.07. The van der Waals surface area contributed by atoms with Crippen molar-refractivity contribution in [2.45, 2.75) is 12.9 Å². The van der Waals surface area contributed by atoms with Gasteiger partial charge in [-0.25, -0.2) is 4.68 Å². The zero-order chi connectivity index (χ0) is 17.6. The second kappa shape index (κ2) is 8.02. The summed E-state index contributed by atoms with van der Waals surface area (Å²) in [6.07, 6.45) is -1.77. The molecule has 1 N–H and O–H groups in total. The average molecular weight is 364 g/mol. The number of alkyl halides is 3. The maximum absolute atomic E-state index is 11.9. The molecule has 0 fully saturated rings. The third-order valence-corrected chi connectivity index (χ3v) is 2.84. The van der Waals surface area contributed by atoms with Crippen molar-refractivity contribution in [3.05, 3.63) is 41.7 Å². The number of benzene rings is 1. The van der Waals surface area contributed by atoms with Crippen molar-refractivity contribution >= 4 is 23.2 Å². The summed E-state index contributed by atoms with van der Waals surface area (Å²) in [6.45, 7) is -1.99. The maximum Gasteiger partial charge on any atom is 0.411 e. The summed E-state index contributed by atoms with van der Waals surface area (Å²) in [4.78, 5) is 11.7. The monoisotopic (exact) mass is 363 g/mol. The van der Waals surface area contributed by atoms with E-state index in [9.17, 15) is 18.0 Å². The van der Waals surface area contributed by atoms with Crippen LogP contribution in [0.1, 0.15) is 0 Å². The van der Waals surface area contributed by atoms with Gasteiger partial charge in [-0.05, 0) is 24.3 Å². The van der Waals surface area contributed by atoms with Crippen molar-refractivity contribution in [2.75, 3.05) is 18.5 Å². The van der Waals surface area contributed by atoms with Gasteiger partial charge in [0.05, 0.1) is 18.1 Å². The van der Waals surface area contributed by atoms with Crippen LogP contribution in [0.2, 0.25) is 5.02 Å². The van der Waals surface area contributed by atoms with Gasteiger partial charge in [-0.2, -0.15) is 18.3 Å². The van der Waals surface area contributed by atoms with E-state index >= 15 is 0 Å². The largest absolute Gasteiger partial charge is 0.484 e. The van der Waals surface area contributed by atoms with Gasteiger partial charge in [-0.15, -0.1) is 0 Å². The minimum Gasteiger partial charge on any atom is -0.484 e. The van der Waals surface area contributed by atoms with Gasteiger partial charge in [0, 0.05) is 5.02 Å². The molecule has 1 aromatic carbocycles. The number of nitrogens with zero attached hydrogens (tertiary/aromatic N) is 2. The normalized spacial score (nSPS) is 11.3. The molecular formula is C14H13ClF3N3O3. The Morgan fingerprint density at radius 1 is 1.29 bits per heavy atom. The highest BCUT2D eigenvalue weighted by Crippen LogP contribution is 2.16. The summed E-state index contributed by atoms with van der Waals surface area (Å²) in [7, 11) is 0. The van der Waals surface area contributed by atoms with Crippen molar-refractivity contribution in [1.82, 2.24) is 9.78 Å². The van der Waals surface area contributed by atoms with Gasteiger partial charge in [-0.1, -0.05) is 11.6 Å². The number of carbonyl (C=O) groups excluding carboxylic acids is 1. The first kappa shape index (κ1) is 18.1. The number of amides is 1. The van der Waals surface area contributed by atoms with E-state index in [1.54, 1.807) is 24.3 Å². The Balaban J connectivity index is 1.75. The van der Waals surface area contributed by atoms with Crippen LogP contribution in [0.4, 0.5) is 18.9 Å². The molecule has 0 saturated carbocycles. The van der Waals surface area contributed by atoms with E-state index in [1.165, 1.54) is 12.4 Å². The van der Waals surface area contributed by atoms with E-state index < -0.39 is 18.7 Å². The van der Waals surface area contributed by atoms with E-state index in [0.717, 1.165) is 4.68 Å². The zero-order valence-corrected chi connectivity index (χ0v) is 13.0. The summed E-state index contributed by atoms with van der Waals surface area (Å²) < 4.78 is 46.7. The highest BCUT2D eigenvalue weighted by molar-refractivity contribution is 6.30. The Labute approximate surface area is 140 Å². The summed E-state index contributed by atoms with van der Waals surface area (Å²) >= 11 is 5.73. The topological polar surface area (TPSA) is 65.4 Å². The molecule has 24 heavy (non-hydrogen) atoms. The second-order valence-corrected chi connectivity index (χ2v) is 5.09. The number of halogens is 4. The van der Waals surface area contributed by atoms with Crippen molar-refractivity contribution in [3.8, 4) is 5.75 Å². The number of nitrogens with one attached hydrogen (secondary N) is 1. The van der Waals surface area contributed by atoms with Crippen LogP contribution in [0.25, 0.3) is 0 Å². The fraction of sp³-hybridized carbons (Fsp3) is 0.286. The number of hydrogen-bond acceptors (Lipinski definition) is 4. The molecule has 0 bridgehead atoms. The highest BCUT2D eigenvalue weighted by atomic mass is 35.5. The molecular weight excluding hydrogens is 351 g/mol. The molecule has 2 aromatic rings. The summed E-state index contributed by atoms with van der Waals surface area (Å²) in [5.41, 5.74) is 0.315. The van der Waals surface area contributed by atoms with Gasteiger partial charge in [0.25, 0.3) is 5.91 Å². The van der Waals surface area contributed by atoms with Crippen molar-refractivity contribution < 1.29 is 27.4 Å². The van der Waals surface area contributed by atoms with Gasteiger partial charge in [0.15, 0.2) is 6.61 Å². The average Bonchev–Trinajstić information content (AvgIpc) is 2.93. The maximum atomic E-state index is 11.9. The molecule has 2 rings (SSSR count). The SMILES string of the molecule is O=C(COc1ccc(Cl)cc1)Nc1cnn(COCC(F)(F)F)c1. The molecule has 1 aromatic heterocycles. The van der Waals surface area contributed by atoms with Gasteiger partial charge in [0.1, 0.15) is 19.1 Å². The highest BCUT2D eigenvalue weighted by Gasteiger charge is 2.27. The molecule has 0 unspecified atom stereocenters. The fourth-order valence-corrected chi connectivity index (χ4v) is 1.76. The van der Waals surface area contributed by atoms with E-state index in [2.05, 4.69) is 15.2 Å². The van der Waals surface area contributed by atoms with Gasteiger partial charge < -0.3 is 14.8 Å². The van der Waals surface area contributed by atoms with E-state index in [4.69, 9.17) is 16.3 Å². The summed E-state index contributed by atoms with van der Waals surface area (Å²) in [5, 5.41) is 6.82. The molecule has 0 saturated heterocycles. The Morgan fingerprint density at radius 2 is 2.00 bits per heavy atom. The van der Waals surface area contributed by atoms with Crippen LogP contribution in [0, 0.1) is 0 Å². The predicted octanol–water partition coefficient (Wildman–Crippen LogP) is 3.09. The van der Waals surface area contributed by atoms with Crippen LogP contribution >= 0.6 is 11.6 Å². The van der Waals surface area contributed by atoms with E-state index in [0.29, 0.717) is 16.5 Å². The van der Waals surface area contributed by atoms with Crippen LogP contribution in [-0.4, -0.2) is 35.1 Å². The molecule has 0 aliphatic heterocycles. The number of aromatic nitrogens is 2. The summed E-state index contributed by atoms with van der Waals surface area (Å²) in [6, 6.07) is 6.48. The van der Waals surface area contributed by atoms with Crippen LogP contribution < -0.4 is 10.1 Å². The third-order valence-electron chi connectivity index (χ3n) is 2.59. The molecule has 1 amide bonds. The first-order chi connectivity index (χ1) is 11.3. The fourth-order valence-electron chi connectivity index (χ4n) is 1.63. The number of ether oxygens (including phenoxy) is 2. The van der Waals surface area contributed by atoms with Crippen LogP contribution in [0.5, 0.6) is 5.75 Å². The quantitative estimate of drug-likeness (QED) is 0.821. The lowest BCUT2D eigenvalue weighted by molar-refractivity contribution is -0.182. The number of hydrogen-bond donors (Lipinski definition) is 1. The Morgan fingerprint density at radius 3 is 2.67 bits per heavy atom. The smallest absolute Gasteiger partial charge is 0.411 e. The predicted molar refractivity (Wildman–Crippen MR) is 79.8 cm³/mol. The van der Waals surface area contributed by atoms with Crippen molar-refractivity contribution in [1.29, 1.82) is 0 Å². The number of anilines is 1.